The first-order valence-corrected chi connectivity index (χ1v) is 7.77. The minimum absolute atomic E-state index is 0.255. The predicted octanol–water partition coefficient (Wildman–Crippen LogP) is 0.795. The summed E-state index contributed by atoms with van der Waals surface area (Å²) in [6, 6.07) is 0. The Bertz CT molecular complexity index is 500. The van der Waals surface area contributed by atoms with Crippen molar-refractivity contribution in [2.45, 2.75) is 44.6 Å². The number of aromatic nitrogens is 3. The number of anilines is 3. The monoisotopic (exact) mass is 292 g/mol. The fourth-order valence-corrected chi connectivity index (χ4v) is 3.14. The fraction of sp³-hybridized carbons (Fsp3) is 0.786. The van der Waals surface area contributed by atoms with Crippen molar-refractivity contribution in [3.63, 3.8) is 0 Å². The number of nitrogen functional groups attached to an aromatic ring is 1. The first-order valence-electron chi connectivity index (χ1n) is 7.77. The highest BCUT2D eigenvalue weighted by molar-refractivity contribution is 5.44. The van der Waals surface area contributed by atoms with E-state index in [-0.39, 0.29) is 5.95 Å². The number of β-amino-alcohol motifs (C(OH)–C–C–N with tert-alkyl or cyclic N) is 1. The molecule has 7 heteroatoms. The van der Waals surface area contributed by atoms with Crippen LogP contribution in [0.15, 0.2) is 0 Å². The van der Waals surface area contributed by atoms with Gasteiger partial charge in [-0.15, -0.1) is 0 Å². The zero-order valence-corrected chi connectivity index (χ0v) is 12.6. The molecule has 2 saturated heterocycles. The van der Waals surface area contributed by atoms with E-state index in [0.717, 1.165) is 32.5 Å². The fourth-order valence-electron chi connectivity index (χ4n) is 3.14. The molecule has 1 unspecified atom stereocenters. The first kappa shape index (κ1) is 14.3. The highest BCUT2D eigenvalue weighted by atomic mass is 16.3. The molecule has 3 heterocycles. The van der Waals surface area contributed by atoms with Gasteiger partial charge in [-0.1, -0.05) is 0 Å². The van der Waals surface area contributed by atoms with Crippen LogP contribution in [-0.2, 0) is 0 Å². The van der Waals surface area contributed by atoms with E-state index in [4.69, 9.17) is 5.73 Å². The molecule has 0 spiro atoms. The predicted molar refractivity (Wildman–Crippen MR) is 82.4 cm³/mol. The van der Waals surface area contributed by atoms with Gasteiger partial charge in [-0.3, -0.25) is 0 Å². The second-order valence-electron chi connectivity index (χ2n) is 6.36. The molecule has 1 aromatic heterocycles. The van der Waals surface area contributed by atoms with Crippen molar-refractivity contribution in [3.05, 3.63) is 0 Å². The number of piperidine rings is 2. The summed E-state index contributed by atoms with van der Waals surface area (Å²) < 4.78 is 0. The average Bonchev–Trinajstić information content (AvgIpc) is 2.46. The van der Waals surface area contributed by atoms with Gasteiger partial charge in [0.05, 0.1) is 5.60 Å². The van der Waals surface area contributed by atoms with Gasteiger partial charge in [0.25, 0.3) is 0 Å². The maximum Gasteiger partial charge on any atom is 0.232 e. The summed E-state index contributed by atoms with van der Waals surface area (Å²) in [7, 11) is 0. The van der Waals surface area contributed by atoms with E-state index in [9.17, 15) is 5.11 Å². The SMILES string of the molecule is CC1(O)CCCN(c2nc(N)nc(N3CCCCC3)n2)C1. The van der Waals surface area contributed by atoms with Crippen molar-refractivity contribution in [3.8, 4) is 0 Å². The van der Waals surface area contributed by atoms with Crippen LogP contribution in [0.3, 0.4) is 0 Å². The lowest BCUT2D eigenvalue weighted by atomic mass is 9.95. The third kappa shape index (κ3) is 3.34. The Morgan fingerprint density at radius 3 is 2.24 bits per heavy atom. The van der Waals surface area contributed by atoms with Crippen molar-refractivity contribution in [2.24, 2.45) is 0 Å². The van der Waals surface area contributed by atoms with Crippen LogP contribution in [0.4, 0.5) is 17.8 Å². The number of rotatable bonds is 2. The van der Waals surface area contributed by atoms with E-state index in [1.165, 1.54) is 19.3 Å². The van der Waals surface area contributed by atoms with Gasteiger partial charge in [0, 0.05) is 26.2 Å². The molecule has 0 radical (unpaired) electrons. The molecule has 1 aromatic rings. The highest BCUT2D eigenvalue weighted by Crippen LogP contribution is 2.25. The van der Waals surface area contributed by atoms with E-state index < -0.39 is 5.60 Å². The molecule has 21 heavy (non-hydrogen) atoms. The molecule has 3 N–H and O–H groups in total. The molecule has 0 aliphatic carbocycles. The van der Waals surface area contributed by atoms with Crippen LogP contribution in [-0.4, -0.2) is 51.8 Å². The Morgan fingerprint density at radius 1 is 0.952 bits per heavy atom. The maximum atomic E-state index is 10.2. The van der Waals surface area contributed by atoms with Gasteiger partial charge >= 0.3 is 0 Å². The van der Waals surface area contributed by atoms with E-state index in [2.05, 4.69) is 19.9 Å². The van der Waals surface area contributed by atoms with E-state index >= 15 is 0 Å². The molecule has 2 aliphatic heterocycles. The van der Waals surface area contributed by atoms with Gasteiger partial charge in [0.1, 0.15) is 0 Å². The number of nitrogens with zero attached hydrogens (tertiary/aromatic N) is 5. The lowest BCUT2D eigenvalue weighted by Crippen LogP contribution is -2.47. The third-order valence-electron chi connectivity index (χ3n) is 4.23. The molecule has 2 fully saturated rings. The third-order valence-corrected chi connectivity index (χ3v) is 4.23. The van der Waals surface area contributed by atoms with Crippen molar-refractivity contribution in [2.75, 3.05) is 41.7 Å². The molecule has 7 nitrogen and oxygen atoms in total. The van der Waals surface area contributed by atoms with Gasteiger partial charge < -0.3 is 20.6 Å². The Balaban J connectivity index is 1.83. The minimum atomic E-state index is -0.690. The molecule has 1 atom stereocenters. The Morgan fingerprint density at radius 2 is 1.57 bits per heavy atom. The zero-order valence-electron chi connectivity index (χ0n) is 12.6. The highest BCUT2D eigenvalue weighted by Gasteiger charge is 2.30. The summed E-state index contributed by atoms with van der Waals surface area (Å²) in [6.07, 6.45) is 5.33. The minimum Gasteiger partial charge on any atom is -0.388 e. The Kier molecular flexibility index (Phi) is 3.84. The number of hydrogen-bond donors (Lipinski definition) is 2. The lowest BCUT2D eigenvalue weighted by molar-refractivity contribution is 0.0444. The topological polar surface area (TPSA) is 91.4 Å². The quantitative estimate of drug-likeness (QED) is 0.832. The van der Waals surface area contributed by atoms with Crippen molar-refractivity contribution >= 4 is 17.8 Å². The van der Waals surface area contributed by atoms with Gasteiger partial charge in [-0.05, 0) is 39.0 Å². The first-order chi connectivity index (χ1) is 10.0. The summed E-state index contributed by atoms with van der Waals surface area (Å²) in [5.74, 6) is 1.51. The van der Waals surface area contributed by atoms with Gasteiger partial charge in [-0.2, -0.15) is 15.0 Å². The molecular weight excluding hydrogens is 268 g/mol. The van der Waals surface area contributed by atoms with Crippen LogP contribution in [0, 0.1) is 0 Å². The number of aliphatic hydroxyl groups is 1. The summed E-state index contributed by atoms with van der Waals surface area (Å²) in [5, 5.41) is 10.2. The van der Waals surface area contributed by atoms with Gasteiger partial charge in [0.2, 0.25) is 17.8 Å². The second-order valence-corrected chi connectivity index (χ2v) is 6.36. The van der Waals surface area contributed by atoms with Crippen LogP contribution in [0.1, 0.15) is 39.0 Å². The van der Waals surface area contributed by atoms with E-state index in [1.807, 2.05) is 11.8 Å². The van der Waals surface area contributed by atoms with Crippen LogP contribution in [0.25, 0.3) is 0 Å². The molecule has 0 saturated carbocycles. The van der Waals surface area contributed by atoms with E-state index in [0.29, 0.717) is 18.4 Å². The van der Waals surface area contributed by atoms with Gasteiger partial charge in [-0.25, -0.2) is 0 Å². The summed E-state index contributed by atoms with van der Waals surface area (Å²) in [6.45, 7) is 5.19. The average molecular weight is 292 g/mol. The Labute approximate surface area is 125 Å². The van der Waals surface area contributed by atoms with Crippen molar-refractivity contribution in [1.82, 2.24) is 15.0 Å². The summed E-state index contributed by atoms with van der Waals surface area (Å²) >= 11 is 0. The molecule has 0 amide bonds. The number of nitrogens with two attached hydrogens (primary N) is 1. The maximum absolute atomic E-state index is 10.2. The van der Waals surface area contributed by atoms with Gasteiger partial charge in [0.15, 0.2) is 0 Å². The summed E-state index contributed by atoms with van der Waals surface area (Å²) in [4.78, 5) is 17.3. The molecule has 3 rings (SSSR count). The normalized spacial score (nSPS) is 27.0. The van der Waals surface area contributed by atoms with E-state index in [1.54, 1.807) is 0 Å². The largest absolute Gasteiger partial charge is 0.388 e. The van der Waals surface area contributed by atoms with Crippen LogP contribution in [0.5, 0.6) is 0 Å². The smallest absolute Gasteiger partial charge is 0.232 e. The number of hydrogen-bond acceptors (Lipinski definition) is 7. The molecular formula is C14H24N6O. The molecule has 0 bridgehead atoms. The van der Waals surface area contributed by atoms with Crippen molar-refractivity contribution < 1.29 is 5.11 Å². The second kappa shape index (κ2) is 5.63. The van der Waals surface area contributed by atoms with Crippen LogP contribution >= 0.6 is 0 Å². The molecule has 116 valence electrons. The zero-order chi connectivity index (χ0) is 14.9. The molecule has 0 aromatic carbocycles. The standard InChI is InChI=1S/C14H24N6O/c1-14(21)6-5-9-20(10-14)13-17-11(15)16-12(18-13)19-7-3-2-4-8-19/h21H,2-10H2,1H3,(H2,15,16,17,18). The van der Waals surface area contributed by atoms with Crippen molar-refractivity contribution in [1.29, 1.82) is 0 Å². The van der Waals surface area contributed by atoms with Crippen LogP contribution in [0.2, 0.25) is 0 Å². The Hall–Kier alpha value is -1.63. The lowest BCUT2D eigenvalue weighted by Gasteiger charge is -2.37. The summed E-state index contributed by atoms with van der Waals surface area (Å²) in [5.41, 5.74) is 5.17. The van der Waals surface area contributed by atoms with Crippen LogP contribution < -0.4 is 15.5 Å². The molecule has 2 aliphatic rings.